The van der Waals surface area contributed by atoms with Gasteiger partial charge in [-0.25, -0.2) is 0 Å². The fraction of sp³-hybridized carbons (Fsp3) is 0.524. The van der Waals surface area contributed by atoms with E-state index >= 15 is 0 Å². The minimum absolute atomic E-state index is 0.666. The molecule has 0 radical (unpaired) electrons. The molecule has 0 nitrogen and oxygen atoms in total. The SMILES string of the molecule is CC(C)C1=CC=CC1[Si](C)(c1ccccc1)C1CCCCC1. The average molecular weight is 311 g/mol. The predicted octanol–water partition coefficient (Wildman–Crippen LogP) is 5.83. The minimum atomic E-state index is -1.57. The molecule has 1 aromatic rings. The Hall–Kier alpha value is -1.08. The molecule has 2 aliphatic rings. The fourth-order valence-corrected chi connectivity index (χ4v) is 10.2. The first-order valence-corrected chi connectivity index (χ1v) is 11.7. The van der Waals surface area contributed by atoms with Crippen LogP contribution in [-0.4, -0.2) is 8.07 Å². The van der Waals surface area contributed by atoms with Crippen molar-refractivity contribution in [3.63, 3.8) is 0 Å². The number of hydrogen-bond acceptors (Lipinski definition) is 0. The molecule has 1 saturated carbocycles. The maximum absolute atomic E-state index is 2.68. The number of benzene rings is 1. The van der Waals surface area contributed by atoms with Crippen LogP contribution in [0.25, 0.3) is 0 Å². The van der Waals surface area contributed by atoms with Crippen molar-refractivity contribution in [1.82, 2.24) is 0 Å². The van der Waals surface area contributed by atoms with Crippen molar-refractivity contribution in [2.24, 2.45) is 5.92 Å². The van der Waals surface area contributed by atoms with Crippen molar-refractivity contribution in [1.29, 1.82) is 0 Å². The second-order valence-corrected chi connectivity index (χ2v) is 12.2. The Morgan fingerprint density at radius 3 is 2.32 bits per heavy atom. The second-order valence-electron chi connectivity index (χ2n) is 7.67. The van der Waals surface area contributed by atoms with Gasteiger partial charge in [-0.3, -0.25) is 0 Å². The molecule has 0 heterocycles. The molecule has 1 fully saturated rings. The van der Waals surface area contributed by atoms with E-state index in [9.17, 15) is 0 Å². The molecule has 0 saturated heterocycles. The molecule has 0 aromatic heterocycles. The van der Waals surface area contributed by atoms with E-state index in [-0.39, 0.29) is 0 Å². The maximum Gasteiger partial charge on any atom is 0.0975 e. The summed E-state index contributed by atoms with van der Waals surface area (Å²) in [6, 6.07) is 11.5. The van der Waals surface area contributed by atoms with E-state index in [1.165, 1.54) is 32.1 Å². The first kappa shape index (κ1) is 15.8. The highest BCUT2D eigenvalue weighted by Crippen LogP contribution is 2.48. The Balaban J connectivity index is 2.03. The van der Waals surface area contributed by atoms with Gasteiger partial charge < -0.3 is 0 Å². The Kier molecular flexibility index (Phi) is 4.72. The summed E-state index contributed by atoms with van der Waals surface area (Å²) in [5.74, 6) is 0.666. The summed E-state index contributed by atoms with van der Waals surface area (Å²) in [6.45, 7) is 7.41. The van der Waals surface area contributed by atoms with Crippen LogP contribution in [0.1, 0.15) is 46.0 Å². The van der Waals surface area contributed by atoms with Gasteiger partial charge in [-0.2, -0.15) is 0 Å². The van der Waals surface area contributed by atoms with Gasteiger partial charge in [-0.05, 0) is 17.0 Å². The summed E-state index contributed by atoms with van der Waals surface area (Å²) < 4.78 is 0. The second kappa shape index (κ2) is 6.58. The molecular formula is C21H30Si. The number of hydrogen-bond donors (Lipinski definition) is 0. The van der Waals surface area contributed by atoms with Gasteiger partial charge >= 0.3 is 0 Å². The zero-order valence-corrected chi connectivity index (χ0v) is 15.4. The van der Waals surface area contributed by atoms with Crippen LogP contribution in [0.4, 0.5) is 0 Å². The third-order valence-corrected chi connectivity index (χ3v) is 11.8. The fourth-order valence-electron chi connectivity index (χ4n) is 4.76. The van der Waals surface area contributed by atoms with Crippen molar-refractivity contribution in [3.8, 4) is 0 Å². The molecule has 118 valence electrons. The van der Waals surface area contributed by atoms with E-state index in [4.69, 9.17) is 0 Å². The lowest BCUT2D eigenvalue weighted by molar-refractivity contribution is 0.490. The van der Waals surface area contributed by atoms with Crippen LogP contribution in [0.15, 0.2) is 54.1 Å². The van der Waals surface area contributed by atoms with E-state index in [2.05, 4.69) is 69.0 Å². The van der Waals surface area contributed by atoms with Crippen LogP contribution in [0, 0.1) is 5.92 Å². The molecule has 1 heteroatoms. The van der Waals surface area contributed by atoms with E-state index in [0.717, 1.165) is 5.54 Å². The van der Waals surface area contributed by atoms with E-state index < -0.39 is 8.07 Å². The molecule has 0 aliphatic heterocycles. The molecular weight excluding hydrogens is 280 g/mol. The van der Waals surface area contributed by atoms with Crippen LogP contribution in [0.2, 0.25) is 17.6 Å². The van der Waals surface area contributed by atoms with Gasteiger partial charge in [0, 0.05) is 0 Å². The summed E-state index contributed by atoms with van der Waals surface area (Å²) in [4.78, 5) is 0. The summed E-state index contributed by atoms with van der Waals surface area (Å²) in [6.07, 6.45) is 14.5. The predicted molar refractivity (Wildman–Crippen MR) is 100 cm³/mol. The lowest BCUT2D eigenvalue weighted by Gasteiger charge is -2.44. The standard InChI is InChI=1S/C21H30Si/c1-17(2)20-15-10-16-21(20)22(3,18-11-6-4-7-12-18)19-13-8-5-9-14-19/h4,6-7,10-12,15-17,19,21H,5,8-9,13-14H2,1-3H3. The molecule has 0 spiro atoms. The highest BCUT2D eigenvalue weighted by atomic mass is 28.3. The van der Waals surface area contributed by atoms with Crippen LogP contribution in [-0.2, 0) is 0 Å². The highest BCUT2D eigenvalue weighted by molar-refractivity contribution is 6.94. The highest BCUT2D eigenvalue weighted by Gasteiger charge is 2.46. The Morgan fingerprint density at radius 1 is 1.00 bits per heavy atom. The smallest absolute Gasteiger partial charge is 0.0797 e. The maximum atomic E-state index is 2.68. The third-order valence-electron chi connectivity index (χ3n) is 6.11. The molecule has 1 aromatic carbocycles. The lowest BCUT2D eigenvalue weighted by atomic mass is 10.00. The monoisotopic (exact) mass is 310 g/mol. The van der Waals surface area contributed by atoms with Gasteiger partial charge in [0.05, 0.1) is 8.07 Å². The Morgan fingerprint density at radius 2 is 1.68 bits per heavy atom. The molecule has 2 atom stereocenters. The Labute approximate surface area is 137 Å². The summed E-state index contributed by atoms with van der Waals surface area (Å²) in [5.41, 5.74) is 3.33. The van der Waals surface area contributed by atoms with E-state index in [1.54, 1.807) is 10.8 Å². The quantitative estimate of drug-likeness (QED) is 0.614. The number of allylic oxidation sites excluding steroid dienone is 4. The average Bonchev–Trinajstić information content (AvgIpc) is 3.06. The first-order valence-electron chi connectivity index (χ1n) is 9.08. The van der Waals surface area contributed by atoms with Crippen LogP contribution < -0.4 is 5.19 Å². The van der Waals surface area contributed by atoms with Gasteiger partial charge in [0.25, 0.3) is 0 Å². The summed E-state index contributed by atoms with van der Waals surface area (Å²) >= 11 is 0. The van der Waals surface area contributed by atoms with Gasteiger partial charge in [-0.1, -0.05) is 112 Å². The van der Waals surface area contributed by atoms with E-state index in [0.29, 0.717) is 11.5 Å². The van der Waals surface area contributed by atoms with Gasteiger partial charge in [0.1, 0.15) is 0 Å². The van der Waals surface area contributed by atoms with Crippen LogP contribution in [0.5, 0.6) is 0 Å². The molecule has 3 rings (SSSR count). The van der Waals surface area contributed by atoms with Crippen molar-refractivity contribution >= 4 is 13.3 Å². The summed E-state index contributed by atoms with van der Waals surface area (Å²) in [5, 5.41) is 1.67. The molecule has 2 unspecified atom stereocenters. The topological polar surface area (TPSA) is 0 Å². The van der Waals surface area contributed by atoms with Crippen LogP contribution in [0.3, 0.4) is 0 Å². The van der Waals surface area contributed by atoms with Gasteiger partial charge in [-0.15, -0.1) is 0 Å². The van der Waals surface area contributed by atoms with Crippen molar-refractivity contribution in [2.75, 3.05) is 0 Å². The lowest BCUT2D eigenvalue weighted by Crippen LogP contribution is -2.53. The summed E-state index contributed by atoms with van der Waals surface area (Å²) in [7, 11) is -1.57. The van der Waals surface area contributed by atoms with E-state index in [1.807, 2.05) is 0 Å². The zero-order chi connectivity index (χ0) is 15.6. The normalized spacial score (nSPS) is 25.3. The van der Waals surface area contributed by atoms with Gasteiger partial charge in [0.15, 0.2) is 0 Å². The Bertz CT molecular complexity index is 549. The minimum Gasteiger partial charge on any atom is -0.0797 e. The van der Waals surface area contributed by atoms with Crippen molar-refractivity contribution in [2.45, 2.75) is 63.6 Å². The zero-order valence-electron chi connectivity index (χ0n) is 14.4. The van der Waals surface area contributed by atoms with Gasteiger partial charge in [0.2, 0.25) is 0 Å². The molecule has 0 N–H and O–H groups in total. The number of rotatable bonds is 4. The molecule has 22 heavy (non-hydrogen) atoms. The molecule has 0 amide bonds. The largest absolute Gasteiger partial charge is 0.0975 e. The van der Waals surface area contributed by atoms with Crippen molar-refractivity contribution in [3.05, 3.63) is 54.1 Å². The molecule has 0 bridgehead atoms. The van der Waals surface area contributed by atoms with Crippen LogP contribution >= 0.6 is 0 Å². The first-order chi connectivity index (χ1) is 10.6. The molecule has 2 aliphatic carbocycles. The van der Waals surface area contributed by atoms with Crippen molar-refractivity contribution < 1.29 is 0 Å². The third kappa shape index (κ3) is 2.76.